The molecule has 140 valence electrons. The Morgan fingerprint density at radius 3 is 2.19 bits per heavy atom. The standard InChI is InChI=1S/C20H25NO5/c1-19(2,3)14-8-6-13(7-9-14)15-10-11-16(26-15)17(22)21-20(4,12-25-5)18(23)24/h6-11H,12H2,1-5H3,(H,21,22)(H,23,24). The summed E-state index contributed by atoms with van der Waals surface area (Å²) in [5, 5.41) is 11.8. The van der Waals surface area contributed by atoms with Gasteiger partial charge in [-0.25, -0.2) is 4.79 Å². The van der Waals surface area contributed by atoms with E-state index in [-0.39, 0.29) is 17.8 Å². The molecule has 0 saturated heterocycles. The molecule has 26 heavy (non-hydrogen) atoms. The molecule has 0 aliphatic carbocycles. The van der Waals surface area contributed by atoms with Crippen LogP contribution in [0.3, 0.4) is 0 Å². The van der Waals surface area contributed by atoms with Gasteiger partial charge in [0.05, 0.1) is 6.61 Å². The molecule has 6 heteroatoms. The molecular weight excluding hydrogens is 334 g/mol. The van der Waals surface area contributed by atoms with Gasteiger partial charge in [-0.2, -0.15) is 0 Å². The number of carboxylic acid groups (broad SMARTS) is 1. The van der Waals surface area contributed by atoms with Gasteiger partial charge in [-0.1, -0.05) is 45.0 Å². The van der Waals surface area contributed by atoms with Crippen LogP contribution >= 0.6 is 0 Å². The zero-order valence-corrected chi connectivity index (χ0v) is 15.8. The molecule has 2 rings (SSSR count). The molecular formula is C20H25NO5. The summed E-state index contributed by atoms with van der Waals surface area (Å²) in [6.45, 7) is 7.63. The highest BCUT2D eigenvalue weighted by atomic mass is 16.5. The number of aliphatic carboxylic acids is 1. The van der Waals surface area contributed by atoms with Crippen molar-refractivity contribution in [3.63, 3.8) is 0 Å². The van der Waals surface area contributed by atoms with Crippen molar-refractivity contribution < 1.29 is 23.8 Å². The van der Waals surface area contributed by atoms with Crippen LogP contribution in [0.1, 0.15) is 43.8 Å². The van der Waals surface area contributed by atoms with Gasteiger partial charge in [-0.3, -0.25) is 4.79 Å². The first-order valence-corrected chi connectivity index (χ1v) is 8.32. The Bertz CT molecular complexity index is 785. The molecule has 2 aromatic rings. The van der Waals surface area contributed by atoms with Gasteiger partial charge in [0.1, 0.15) is 5.76 Å². The Hall–Kier alpha value is -2.60. The smallest absolute Gasteiger partial charge is 0.331 e. The fourth-order valence-electron chi connectivity index (χ4n) is 2.50. The predicted octanol–water partition coefficient (Wildman–Crippen LogP) is 3.46. The molecule has 0 fully saturated rings. The minimum absolute atomic E-state index is 0.0449. The number of carboxylic acids is 1. The first-order valence-electron chi connectivity index (χ1n) is 8.32. The third-order valence-electron chi connectivity index (χ3n) is 4.16. The Labute approximate surface area is 153 Å². The van der Waals surface area contributed by atoms with Crippen molar-refractivity contribution in [1.82, 2.24) is 5.32 Å². The van der Waals surface area contributed by atoms with Gasteiger partial charge in [-0.05, 0) is 30.0 Å². The minimum Gasteiger partial charge on any atom is -0.479 e. The van der Waals surface area contributed by atoms with Crippen molar-refractivity contribution in [1.29, 1.82) is 0 Å². The quantitative estimate of drug-likeness (QED) is 0.824. The fraction of sp³-hybridized carbons (Fsp3) is 0.400. The summed E-state index contributed by atoms with van der Waals surface area (Å²) in [4.78, 5) is 23.7. The first kappa shape index (κ1) is 19.7. The SMILES string of the molecule is COCC(C)(NC(=O)c1ccc(-c2ccc(C(C)(C)C)cc2)o1)C(=O)O. The second-order valence-corrected chi connectivity index (χ2v) is 7.52. The van der Waals surface area contributed by atoms with Crippen molar-refractivity contribution in [2.75, 3.05) is 13.7 Å². The summed E-state index contributed by atoms with van der Waals surface area (Å²) in [6, 6.07) is 11.1. The van der Waals surface area contributed by atoms with E-state index in [4.69, 9.17) is 9.15 Å². The maximum atomic E-state index is 12.3. The molecule has 2 N–H and O–H groups in total. The van der Waals surface area contributed by atoms with Crippen LogP contribution in [0.15, 0.2) is 40.8 Å². The van der Waals surface area contributed by atoms with Gasteiger partial charge < -0.3 is 19.6 Å². The number of amides is 1. The van der Waals surface area contributed by atoms with Gasteiger partial charge in [0.15, 0.2) is 11.3 Å². The van der Waals surface area contributed by atoms with Crippen molar-refractivity contribution in [3.05, 3.63) is 47.7 Å². The number of hydrogen-bond donors (Lipinski definition) is 2. The van der Waals surface area contributed by atoms with E-state index >= 15 is 0 Å². The molecule has 0 spiro atoms. The van der Waals surface area contributed by atoms with Crippen molar-refractivity contribution in [2.24, 2.45) is 0 Å². The van der Waals surface area contributed by atoms with Gasteiger partial charge in [0.2, 0.25) is 0 Å². The topological polar surface area (TPSA) is 88.8 Å². The molecule has 1 aromatic carbocycles. The number of nitrogens with one attached hydrogen (secondary N) is 1. The normalized spacial score (nSPS) is 13.9. The number of methoxy groups -OCH3 is 1. The summed E-state index contributed by atoms with van der Waals surface area (Å²) in [5.41, 5.74) is 0.556. The fourth-order valence-corrected chi connectivity index (χ4v) is 2.50. The Balaban J connectivity index is 2.19. The summed E-state index contributed by atoms with van der Waals surface area (Å²) >= 11 is 0. The second kappa shape index (κ2) is 7.33. The van der Waals surface area contributed by atoms with E-state index in [2.05, 4.69) is 26.1 Å². The maximum absolute atomic E-state index is 12.3. The predicted molar refractivity (Wildman–Crippen MR) is 98.2 cm³/mol. The van der Waals surface area contributed by atoms with E-state index < -0.39 is 17.4 Å². The Kier molecular flexibility index (Phi) is 5.56. The lowest BCUT2D eigenvalue weighted by Gasteiger charge is -2.24. The van der Waals surface area contributed by atoms with E-state index in [0.29, 0.717) is 5.76 Å². The highest BCUT2D eigenvalue weighted by molar-refractivity contribution is 5.96. The highest BCUT2D eigenvalue weighted by Gasteiger charge is 2.36. The van der Waals surface area contributed by atoms with Gasteiger partial charge in [0.25, 0.3) is 5.91 Å². The number of hydrogen-bond acceptors (Lipinski definition) is 4. The number of benzene rings is 1. The molecule has 0 aliphatic heterocycles. The lowest BCUT2D eigenvalue weighted by Crippen LogP contribution is -2.55. The molecule has 0 aliphatic rings. The molecule has 1 heterocycles. The van der Waals surface area contributed by atoms with Crippen LogP contribution in [-0.4, -0.2) is 36.2 Å². The molecule has 0 saturated carbocycles. The third-order valence-corrected chi connectivity index (χ3v) is 4.16. The van der Waals surface area contributed by atoms with Crippen LogP contribution in [0.2, 0.25) is 0 Å². The molecule has 0 radical (unpaired) electrons. The Morgan fingerprint density at radius 2 is 1.69 bits per heavy atom. The van der Waals surface area contributed by atoms with Crippen LogP contribution in [0.4, 0.5) is 0 Å². The summed E-state index contributed by atoms with van der Waals surface area (Å²) in [6.07, 6.45) is 0. The number of carbonyl (C=O) groups is 2. The zero-order chi connectivity index (χ0) is 19.5. The molecule has 0 bridgehead atoms. The van der Waals surface area contributed by atoms with Crippen molar-refractivity contribution >= 4 is 11.9 Å². The van der Waals surface area contributed by atoms with E-state index in [0.717, 1.165) is 5.56 Å². The number of furan rings is 1. The third kappa shape index (κ3) is 4.32. The number of carbonyl (C=O) groups excluding carboxylic acids is 1. The molecule has 1 atom stereocenters. The zero-order valence-electron chi connectivity index (χ0n) is 15.8. The number of ether oxygens (including phenoxy) is 1. The molecule has 6 nitrogen and oxygen atoms in total. The van der Waals surface area contributed by atoms with Crippen molar-refractivity contribution in [3.8, 4) is 11.3 Å². The lowest BCUT2D eigenvalue weighted by molar-refractivity contribution is -0.145. The van der Waals surface area contributed by atoms with Crippen LogP contribution in [0.25, 0.3) is 11.3 Å². The van der Waals surface area contributed by atoms with Gasteiger partial charge >= 0.3 is 5.97 Å². The van der Waals surface area contributed by atoms with Crippen LogP contribution in [0.5, 0.6) is 0 Å². The summed E-state index contributed by atoms with van der Waals surface area (Å²) < 4.78 is 10.5. The monoisotopic (exact) mass is 359 g/mol. The summed E-state index contributed by atoms with van der Waals surface area (Å²) in [7, 11) is 1.37. The minimum atomic E-state index is -1.53. The van der Waals surface area contributed by atoms with Crippen LogP contribution in [-0.2, 0) is 14.9 Å². The van der Waals surface area contributed by atoms with Crippen molar-refractivity contribution in [2.45, 2.75) is 38.6 Å². The Morgan fingerprint density at radius 1 is 1.08 bits per heavy atom. The molecule has 1 amide bonds. The highest BCUT2D eigenvalue weighted by Crippen LogP contribution is 2.27. The van der Waals surface area contributed by atoms with E-state index in [1.54, 1.807) is 6.07 Å². The summed E-state index contributed by atoms with van der Waals surface area (Å²) in [5.74, 6) is -1.20. The largest absolute Gasteiger partial charge is 0.479 e. The maximum Gasteiger partial charge on any atom is 0.331 e. The van der Waals surface area contributed by atoms with E-state index in [1.807, 2.05) is 24.3 Å². The van der Waals surface area contributed by atoms with Crippen LogP contribution < -0.4 is 5.32 Å². The molecule has 1 unspecified atom stereocenters. The second-order valence-electron chi connectivity index (χ2n) is 7.52. The van der Waals surface area contributed by atoms with Gasteiger partial charge in [-0.15, -0.1) is 0 Å². The average Bonchev–Trinajstić information content (AvgIpc) is 3.04. The first-order chi connectivity index (χ1) is 12.1. The average molecular weight is 359 g/mol. The molecule has 1 aromatic heterocycles. The van der Waals surface area contributed by atoms with E-state index in [9.17, 15) is 14.7 Å². The lowest BCUT2D eigenvalue weighted by atomic mass is 9.86. The van der Waals surface area contributed by atoms with Crippen LogP contribution in [0, 0.1) is 0 Å². The van der Waals surface area contributed by atoms with Gasteiger partial charge in [0, 0.05) is 12.7 Å². The number of rotatable bonds is 6. The van der Waals surface area contributed by atoms with E-state index in [1.165, 1.54) is 25.7 Å².